The fourth-order valence-electron chi connectivity index (χ4n) is 2.35. The van der Waals surface area contributed by atoms with Gasteiger partial charge in [0.2, 0.25) is 5.13 Å². The zero-order valence-corrected chi connectivity index (χ0v) is 16.5. The van der Waals surface area contributed by atoms with Gasteiger partial charge in [-0.15, -0.1) is 11.3 Å². The zero-order chi connectivity index (χ0) is 19.1. The smallest absolute Gasteiger partial charge is 0.203 e. The molecule has 2 aromatic carbocycles. The minimum absolute atomic E-state index is 0.493. The number of ether oxygens (including phenoxy) is 2. The quantitative estimate of drug-likeness (QED) is 0.425. The third-order valence-electron chi connectivity index (χ3n) is 3.68. The van der Waals surface area contributed by atoms with Crippen molar-refractivity contribution in [3.63, 3.8) is 0 Å². The number of anilines is 1. The summed E-state index contributed by atoms with van der Waals surface area (Å²) < 4.78 is 11.0. The number of hydrogen-bond acceptors (Lipinski definition) is 6. The van der Waals surface area contributed by atoms with E-state index in [9.17, 15) is 0 Å². The fraction of sp³-hybridized carbons (Fsp3) is 0.238. The summed E-state index contributed by atoms with van der Waals surface area (Å²) in [5.41, 5.74) is 5.85. The molecule has 0 unspecified atom stereocenters. The van der Waals surface area contributed by atoms with E-state index in [1.165, 1.54) is 11.3 Å². The minimum atomic E-state index is 0.493. The lowest BCUT2D eigenvalue weighted by Crippen LogP contribution is -2.04. The second kappa shape index (κ2) is 9.19. The van der Waals surface area contributed by atoms with E-state index >= 15 is 0 Å². The molecule has 3 aromatic rings. The van der Waals surface area contributed by atoms with Crippen molar-refractivity contribution in [1.29, 1.82) is 0 Å². The van der Waals surface area contributed by atoms with Crippen molar-refractivity contribution < 1.29 is 9.47 Å². The Labute approximate surface area is 163 Å². The Kier molecular flexibility index (Phi) is 6.44. The molecule has 0 aliphatic carbocycles. The number of thiazole rings is 1. The van der Waals surface area contributed by atoms with Crippen LogP contribution >= 0.6 is 11.3 Å². The Bertz CT molecular complexity index is 906. The molecule has 0 bridgehead atoms. The lowest BCUT2D eigenvalue weighted by atomic mass is 10.2. The van der Waals surface area contributed by atoms with Gasteiger partial charge >= 0.3 is 0 Å². The van der Waals surface area contributed by atoms with Gasteiger partial charge in [0.1, 0.15) is 11.5 Å². The summed E-state index contributed by atoms with van der Waals surface area (Å²) >= 11 is 1.51. The highest BCUT2D eigenvalue weighted by atomic mass is 32.1. The highest BCUT2D eigenvalue weighted by Gasteiger charge is 2.05. The molecule has 0 aliphatic heterocycles. The van der Waals surface area contributed by atoms with Gasteiger partial charge in [-0.3, -0.25) is 5.43 Å². The van der Waals surface area contributed by atoms with Gasteiger partial charge in [-0.25, -0.2) is 4.98 Å². The SMILES string of the molecule is COc1cccc(-c2csc(N/N=C\c3cccc(OCC(C)C)c3)n2)c1. The van der Waals surface area contributed by atoms with Gasteiger partial charge in [0.25, 0.3) is 0 Å². The molecule has 27 heavy (non-hydrogen) atoms. The highest BCUT2D eigenvalue weighted by molar-refractivity contribution is 7.14. The van der Waals surface area contributed by atoms with Crippen molar-refractivity contribution in [3.8, 4) is 22.8 Å². The first-order chi connectivity index (χ1) is 13.1. The van der Waals surface area contributed by atoms with E-state index in [1.807, 2.05) is 53.9 Å². The van der Waals surface area contributed by atoms with Crippen molar-refractivity contribution in [2.24, 2.45) is 11.0 Å². The first-order valence-electron chi connectivity index (χ1n) is 8.76. The summed E-state index contributed by atoms with van der Waals surface area (Å²) in [6.45, 7) is 4.96. The van der Waals surface area contributed by atoms with Gasteiger partial charge in [0, 0.05) is 10.9 Å². The van der Waals surface area contributed by atoms with Gasteiger partial charge in [-0.2, -0.15) is 5.10 Å². The fourth-order valence-corrected chi connectivity index (χ4v) is 3.02. The van der Waals surface area contributed by atoms with E-state index in [0.717, 1.165) is 33.5 Å². The third-order valence-corrected chi connectivity index (χ3v) is 4.43. The number of nitrogens with zero attached hydrogens (tertiary/aromatic N) is 2. The second-order valence-corrected chi connectivity index (χ2v) is 7.28. The molecule has 1 heterocycles. The molecule has 0 aliphatic rings. The molecule has 0 radical (unpaired) electrons. The maximum Gasteiger partial charge on any atom is 0.203 e. The van der Waals surface area contributed by atoms with Crippen LogP contribution in [0.3, 0.4) is 0 Å². The minimum Gasteiger partial charge on any atom is -0.497 e. The number of aromatic nitrogens is 1. The van der Waals surface area contributed by atoms with Gasteiger partial charge < -0.3 is 9.47 Å². The number of hydrogen-bond donors (Lipinski definition) is 1. The van der Waals surface area contributed by atoms with Crippen molar-refractivity contribution in [2.75, 3.05) is 19.1 Å². The van der Waals surface area contributed by atoms with Crippen molar-refractivity contribution in [1.82, 2.24) is 4.98 Å². The summed E-state index contributed by atoms with van der Waals surface area (Å²) in [6, 6.07) is 15.7. The summed E-state index contributed by atoms with van der Waals surface area (Å²) in [4.78, 5) is 4.57. The number of benzene rings is 2. The second-order valence-electron chi connectivity index (χ2n) is 6.42. The lowest BCUT2D eigenvalue weighted by molar-refractivity contribution is 0.271. The van der Waals surface area contributed by atoms with Gasteiger partial charge in [-0.1, -0.05) is 38.1 Å². The van der Waals surface area contributed by atoms with Crippen LogP contribution in [0.2, 0.25) is 0 Å². The Hall–Kier alpha value is -2.86. The summed E-state index contributed by atoms with van der Waals surface area (Å²) in [7, 11) is 1.66. The third kappa shape index (κ3) is 5.56. The molecule has 6 heteroatoms. The van der Waals surface area contributed by atoms with Crippen LogP contribution in [0.25, 0.3) is 11.3 Å². The summed E-state index contributed by atoms with van der Waals surface area (Å²) in [5, 5.41) is 7.01. The molecule has 0 fully saturated rings. The highest BCUT2D eigenvalue weighted by Crippen LogP contribution is 2.27. The van der Waals surface area contributed by atoms with Crippen molar-refractivity contribution in [3.05, 3.63) is 59.5 Å². The van der Waals surface area contributed by atoms with Crippen molar-refractivity contribution in [2.45, 2.75) is 13.8 Å². The van der Waals surface area contributed by atoms with Crippen LogP contribution < -0.4 is 14.9 Å². The Balaban J connectivity index is 1.62. The summed E-state index contributed by atoms with van der Waals surface area (Å²) in [6.07, 6.45) is 1.76. The predicted molar refractivity (Wildman–Crippen MR) is 112 cm³/mol. The molecule has 1 N–H and O–H groups in total. The normalized spacial score (nSPS) is 11.1. The summed E-state index contributed by atoms with van der Waals surface area (Å²) in [5.74, 6) is 2.16. The molecule has 140 valence electrons. The molecule has 3 rings (SSSR count). The molecule has 0 spiro atoms. The van der Waals surface area contributed by atoms with Crippen LogP contribution in [0.15, 0.2) is 59.0 Å². The van der Waals surface area contributed by atoms with Gasteiger partial charge in [-0.05, 0) is 35.7 Å². The number of hydrazone groups is 1. The van der Waals surface area contributed by atoms with Crippen molar-refractivity contribution >= 4 is 22.7 Å². The molecule has 0 saturated heterocycles. The van der Waals surface area contributed by atoms with E-state index in [2.05, 4.69) is 29.4 Å². The molecule has 1 aromatic heterocycles. The van der Waals surface area contributed by atoms with E-state index < -0.39 is 0 Å². The topological polar surface area (TPSA) is 55.7 Å². The number of nitrogens with one attached hydrogen (secondary N) is 1. The Morgan fingerprint density at radius 1 is 1.15 bits per heavy atom. The van der Waals surface area contributed by atoms with Crippen LogP contribution in [-0.4, -0.2) is 24.9 Å². The predicted octanol–water partition coefficient (Wildman–Crippen LogP) is 5.30. The lowest BCUT2D eigenvalue weighted by Gasteiger charge is -2.08. The number of methoxy groups -OCH3 is 1. The van der Waals surface area contributed by atoms with Gasteiger partial charge in [0.15, 0.2) is 0 Å². The van der Waals surface area contributed by atoms with E-state index in [1.54, 1.807) is 13.3 Å². The van der Waals surface area contributed by atoms with Crippen LogP contribution in [0.5, 0.6) is 11.5 Å². The molecular weight excluding hydrogens is 358 g/mol. The van der Waals surface area contributed by atoms with Crippen LogP contribution in [0.1, 0.15) is 19.4 Å². The molecule has 5 nitrogen and oxygen atoms in total. The average molecular weight is 382 g/mol. The molecule has 0 amide bonds. The van der Waals surface area contributed by atoms with Crippen LogP contribution in [0, 0.1) is 5.92 Å². The Morgan fingerprint density at radius 2 is 1.96 bits per heavy atom. The van der Waals surface area contributed by atoms with E-state index in [-0.39, 0.29) is 0 Å². The zero-order valence-electron chi connectivity index (χ0n) is 15.7. The molecule has 0 saturated carbocycles. The van der Waals surface area contributed by atoms with Crippen LogP contribution in [-0.2, 0) is 0 Å². The maximum absolute atomic E-state index is 5.74. The van der Waals surface area contributed by atoms with Gasteiger partial charge in [0.05, 0.1) is 25.6 Å². The standard InChI is InChI=1S/C21H23N3O2S/c1-15(2)13-26-19-9-4-6-16(10-19)12-22-24-21-23-20(14-27-21)17-7-5-8-18(11-17)25-3/h4-12,14-15H,13H2,1-3H3,(H,23,24)/b22-12-. The first kappa shape index (κ1) is 18.9. The largest absolute Gasteiger partial charge is 0.497 e. The number of rotatable bonds is 8. The monoisotopic (exact) mass is 381 g/mol. The average Bonchev–Trinajstić information content (AvgIpc) is 3.16. The van der Waals surface area contributed by atoms with Crippen LogP contribution in [0.4, 0.5) is 5.13 Å². The van der Waals surface area contributed by atoms with E-state index in [4.69, 9.17) is 9.47 Å². The first-order valence-corrected chi connectivity index (χ1v) is 9.64. The molecule has 0 atom stereocenters. The maximum atomic E-state index is 5.74. The molecular formula is C21H23N3O2S. The van der Waals surface area contributed by atoms with E-state index in [0.29, 0.717) is 12.5 Å². The Morgan fingerprint density at radius 3 is 2.78 bits per heavy atom.